The predicted octanol–water partition coefficient (Wildman–Crippen LogP) is 4.67. The van der Waals surface area contributed by atoms with Gasteiger partial charge in [-0.3, -0.25) is 14.3 Å². The number of rotatable bonds is 5. The number of nitrogens with zero attached hydrogens (tertiary/aromatic N) is 2. The van der Waals surface area contributed by atoms with Gasteiger partial charge in [-0.15, -0.1) is 0 Å². The molecule has 0 saturated heterocycles. The molecule has 32 heavy (non-hydrogen) atoms. The van der Waals surface area contributed by atoms with Crippen LogP contribution >= 0.6 is 11.6 Å². The number of aromatic amines is 2. The van der Waals surface area contributed by atoms with Crippen molar-refractivity contribution in [1.29, 1.82) is 0 Å². The van der Waals surface area contributed by atoms with E-state index < -0.39 is 0 Å². The molecular formula is C24H18ClN5O2. The molecule has 8 heteroatoms. The SMILES string of the molecule is O=C(Nc1c[nH]c(=O)c(-c2cc3ccccc3[nH]2)c1)c1cnn(Cc2cccc(Cl)c2)c1. The minimum absolute atomic E-state index is 0.246. The van der Waals surface area contributed by atoms with Crippen molar-refractivity contribution in [3.8, 4) is 11.3 Å². The van der Waals surface area contributed by atoms with Gasteiger partial charge in [0.15, 0.2) is 0 Å². The molecule has 1 amide bonds. The van der Waals surface area contributed by atoms with Crippen molar-refractivity contribution in [1.82, 2.24) is 19.7 Å². The molecule has 5 rings (SSSR count). The maximum absolute atomic E-state index is 12.7. The summed E-state index contributed by atoms with van der Waals surface area (Å²) in [5, 5.41) is 8.73. The molecule has 0 aliphatic carbocycles. The number of fused-ring (bicyclic) bond motifs is 1. The molecular weight excluding hydrogens is 426 g/mol. The van der Waals surface area contributed by atoms with Crippen LogP contribution in [0.4, 0.5) is 5.69 Å². The summed E-state index contributed by atoms with van der Waals surface area (Å²) in [5.74, 6) is -0.322. The number of benzene rings is 2. The van der Waals surface area contributed by atoms with Crippen LogP contribution in [-0.4, -0.2) is 25.7 Å². The molecule has 0 saturated carbocycles. The number of hydrogen-bond donors (Lipinski definition) is 3. The zero-order chi connectivity index (χ0) is 22.1. The average Bonchev–Trinajstić information content (AvgIpc) is 3.42. The summed E-state index contributed by atoms with van der Waals surface area (Å²) in [6.45, 7) is 0.497. The zero-order valence-electron chi connectivity index (χ0n) is 16.8. The zero-order valence-corrected chi connectivity index (χ0v) is 17.6. The maximum Gasteiger partial charge on any atom is 0.258 e. The molecule has 0 radical (unpaired) electrons. The maximum atomic E-state index is 12.7. The van der Waals surface area contributed by atoms with Gasteiger partial charge in [0.2, 0.25) is 0 Å². The van der Waals surface area contributed by atoms with Gasteiger partial charge < -0.3 is 15.3 Å². The van der Waals surface area contributed by atoms with Crippen LogP contribution in [0.25, 0.3) is 22.2 Å². The van der Waals surface area contributed by atoms with E-state index in [1.165, 1.54) is 12.4 Å². The van der Waals surface area contributed by atoms with E-state index >= 15 is 0 Å². The van der Waals surface area contributed by atoms with Crippen LogP contribution in [0.5, 0.6) is 0 Å². The number of aromatic nitrogens is 4. The third-order valence-electron chi connectivity index (χ3n) is 5.11. The van der Waals surface area contributed by atoms with Crippen molar-refractivity contribution >= 4 is 34.1 Å². The van der Waals surface area contributed by atoms with Crippen molar-refractivity contribution in [3.63, 3.8) is 0 Å². The molecule has 0 aliphatic rings. The number of hydrogen-bond acceptors (Lipinski definition) is 3. The van der Waals surface area contributed by atoms with Crippen LogP contribution in [0.15, 0.2) is 84.0 Å². The second-order valence-electron chi connectivity index (χ2n) is 7.41. The van der Waals surface area contributed by atoms with Crippen LogP contribution in [0.3, 0.4) is 0 Å². The Morgan fingerprint density at radius 3 is 2.81 bits per heavy atom. The van der Waals surface area contributed by atoms with E-state index in [-0.39, 0.29) is 11.5 Å². The molecule has 2 aromatic carbocycles. The molecule has 3 heterocycles. The standard InChI is InChI=1S/C24H18ClN5O2/c25-18-6-3-4-15(8-18)13-30-14-17(11-27-30)23(31)28-19-10-20(24(32)26-12-19)22-9-16-5-1-2-7-21(16)29-22/h1-12,14,29H,13H2,(H,26,32)(H,28,31). The van der Waals surface area contributed by atoms with Gasteiger partial charge in [-0.25, -0.2) is 0 Å². The summed E-state index contributed by atoms with van der Waals surface area (Å²) >= 11 is 6.03. The topological polar surface area (TPSA) is 95.6 Å². The van der Waals surface area contributed by atoms with Gasteiger partial charge in [0.1, 0.15) is 0 Å². The van der Waals surface area contributed by atoms with Gasteiger partial charge >= 0.3 is 0 Å². The molecule has 0 atom stereocenters. The van der Waals surface area contributed by atoms with Crippen molar-refractivity contribution in [2.24, 2.45) is 0 Å². The highest BCUT2D eigenvalue weighted by atomic mass is 35.5. The Hall–Kier alpha value is -4.10. The second-order valence-corrected chi connectivity index (χ2v) is 7.85. The fraction of sp³-hybridized carbons (Fsp3) is 0.0417. The molecule has 0 aliphatic heterocycles. The summed E-state index contributed by atoms with van der Waals surface area (Å²) in [6, 6.07) is 18.8. The first-order valence-electron chi connectivity index (χ1n) is 9.94. The number of carbonyl (C=O) groups is 1. The fourth-order valence-electron chi connectivity index (χ4n) is 3.57. The molecule has 0 spiro atoms. The highest BCUT2D eigenvalue weighted by Gasteiger charge is 2.13. The lowest BCUT2D eigenvalue weighted by Crippen LogP contribution is -2.15. The molecule has 5 aromatic rings. The van der Waals surface area contributed by atoms with E-state index in [0.29, 0.717) is 34.1 Å². The van der Waals surface area contributed by atoms with E-state index in [9.17, 15) is 9.59 Å². The quantitative estimate of drug-likeness (QED) is 0.368. The Balaban J connectivity index is 1.35. The van der Waals surface area contributed by atoms with Crippen molar-refractivity contribution < 1.29 is 4.79 Å². The van der Waals surface area contributed by atoms with E-state index in [1.807, 2.05) is 48.5 Å². The lowest BCUT2D eigenvalue weighted by molar-refractivity contribution is 0.102. The first-order chi connectivity index (χ1) is 15.5. The number of nitrogens with one attached hydrogen (secondary N) is 3. The lowest BCUT2D eigenvalue weighted by Gasteiger charge is -2.05. The van der Waals surface area contributed by atoms with E-state index in [2.05, 4.69) is 20.4 Å². The van der Waals surface area contributed by atoms with E-state index in [0.717, 1.165) is 16.5 Å². The molecule has 0 bridgehead atoms. The van der Waals surface area contributed by atoms with Gasteiger partial charge in [0, 0.05) is 28.3 Å². The predicted molar refractivity (Wildman–Crippen MR) is 125 cm³/mol. The Bertz CT molecular complexity index is 1460. The third-order valence-corrected chi connectivity index (χ3v) is 5.35. The molecule has 3 aromatic heterocycles. The largest absolute Gasteiger partial charge is 0.354 e. The smallest absolute Gasteiger partial charge is 0.258 e. The first kappa shape index (κ1) is 19.8. The molecule has 7 nitrogen and oxygen atoms in total. The summed E-state index contributed by atoms with van der Waals surface area (Å²) < 4.78 is 1.67. The highest BCUT2D eigenvalue weighted by Crippen LogP contribution is 2.23. The summed E-state index contributed by atoms with van der Waals surface area (Å²) in [6.07, 6.45) is 4.65. The third kappa shape index (κ3) is 4.06. The van der Waals surface area contributed by atoms with Gasteiger partial charge in [0.05, 0.1) is 35.2 Å². The van der Waals surface area contributed by atoms with Crippen molar-refractivity contribution in [2.45, 2.75) is 6.54 Å². The molecule has 0 fully saturated rings. The summed E-state index contributed by atoms with van der Waals surface area (Å²) in [7, 11) is 0. The van der Waals surface area contributed by atoms with E-state index in [4.69, 9.17) is 11.6 Å². The fourth-order valence-corrected chi connectivity index (χ4v) is 3.78. The first-order valence-corrected chi connectivity index (χ1v) is 10.3. The van der Waals surface area contributed by atoms with Crippen molar-refractivity contribution in [2.75, 3.05) is 5.32 Å². The molecule has 0 unspecified atom stereocenters. The monoisotopic (exact) mass is 443 g/mol. The minimum atomic E-state index is -0.322. The van der Waals surface area contributed by atoms with Gasteiger partial charge in [-0.2, -0.15) is 5.10 Å². The van der Waals surface area contributed by atoms with Gasteiger partial charge in [-0.05, 0) is 35.9 Å². The Morgan fingerprint density at radius 1 is 1.09 bits per heavy atom. The van der Waals surface area contributed by atoms with Crippen LogP contribution in [0.2, 0.25) is 5.02 Å². The minimum Gasteiger partial charge on any atom is -0.354 e. The number of anilines is 1. The van der Waals surface area contributed by atoms with Crippen LogP contribution < -0.4 is 10.9 Å². The Morgan fingerprint density at radius 2 is 1.97 bits per heavy atom. The number of H-pyrrole nitrogens is 2. The van der Waals surface area contributed by atoms with Crippen LogP contribution in [0, 0.1) is 0 Å². The Kier molecular flexibility index (Phi) is 5.09. The number of para-hydroxylation sites is 1. The number of amides is 1. The number of pyridine rings is 1. The van der Waals surface area contributed by atoms with Gasteiger partial charge in [-0.1, -0.05) is 41.9 Å². The van der Waals surface area contributed by atoms with E-state index in [1.54, 1.807) is 23.0 Å². The average molecular weight is 444 g/mol. The number of carbonyl (C=O) groups excluding carboxylic acids is 1. The normalized spacial score (nSPS) is 11.0. The second kappa shape index (κ2) is 8.20. The molecule has 158 valence electrons. The molecule has 3 N–H and O–H groups in total. The summed E-state index contributed by atoms with van der Waals surface area (Å²) in [5.41, 5.74) is 3.67. The van der Waals surface area contributed by atoms with Crippen LogP contribution in [-0.2, 0) is 6.54 Å². The van der Waals surface area contributed by atoms with Gasteiger partial charge in [0.25, 0.3) is 11.5 Å². The highest BCUT2D eigenvalue weighted by molar-refractivity contribution is 6.30. The Labute approximate surface area is 187 Å². The van der Waals surface area contributed by atoms with Crippen molar-refractivity contribution in [3.05, 3.63) is 106 Å². The van der Waals surface area contributed by atoms with Crippen LogP contribution in [0.1, 0.15) is 15.9 Å². The summed E-state index contributed by atoms with van der Waals surface area (Å²) in [4.78, 5) is 31.0. The lowest BCUT2D eigenvalue weighted by atomic mass is 10.2. The number of halogens is 1.